The van der Waals surface area contributed by atoms with E-state index in [2.05, 4.69) is 0 Å². The molecule has 3 fully saturated rings. The normalized spacial score (nSPS) is 18.9. The van der Waals surface area contributed by atoms with Crippen molar-refractivity contribution in [2.24, 2.45) is 0 Å². The van der Waals surface area contributed by atoms with Crippen LogP contribution in [0.5, 0.6) is 0 Å². The van der Waals surface area contributed by atoms with Crippen LogP contribution in [0.15, 0.2) is 0 Å². The minimum absolute atomic E-state index is 0. The zero-order chi connectivity index (χ0) is 10.6. The Morgan fingerprint density at radius 3 is 0.579 bits per heavy atom. The van der Waals surface area contributed by atoms with E-state index in [1.54, 1.807) is 0 Å². The molecule has 0 aromatic carbocycles. The van der Waals surface area contributed by atoms with Gasteiger partial charge < -0.3 is 39.4 Å². The standard InChI is InChI=1S/3C4H8O.3B.Sm/c3*1-2-4-5-3-1;;;;/h3*1-4H2;;;;/q;;;3*-1;+3. The summed E-state index contributed by atoms with van der Waals surface area (Å²) in [6.45, 7) is 6.00. The van der Waals surface area contributed by atoms with Gasteiger partial charge in [-0.1, -0.05) is 0 Å². The zero-order valence-electron chi connectivity index (χ0n) is 11.9. The molecule has 0 saturated carbocycles. The van der Waals surface area contributed by atoms with Crippen LogP contribution < -0.4 is 0 Å². The summed E-state index contributed by atoms with van der Waals surface area (Å²) in [4.78, 5) is 0. The van der Waals surface area contributed by atoms with Crippen LogP contribution in [0, 0.1) is 40.4 Å². The van der Waals surface area contributed by atoms with E-state index in [0.717, 1.165) is 39.6 Å². The molecule has 3 heterocycles. The zero-order valence-corrected chi connectivity index (χ0v) is 14.5. The number of hydrogen-bond donors (Lipinski definition) is 0. The van der Waals surface area contributed by atoms with Crippen molar-refractivity contribution in [1.29, 1.82) is 0 Å². The van der Waals surface area contributed by atoms with Crippen molar-refractivity contribution in [3.8, 4) is 0 Å². The number of hydrogen-bond acceptors (Lipinski definition) is 3. The summed E-state index contributed by atoms with van der Waals surface area (Å²) < 4.78 is 14.8. The summed E-state index contributed by atoms with van der Waals surface area (Å²) in [5, 5.41) is 0. The fraction of sp³-hybridized carbons (Fsp3) is 1.00. The van der Waals surface area contributed by atoms with Crippen LogP contribution in [0.2, 0.25) is 0 Å². The first-order valence-electron chi connectivity index (χ1n) is 6.23. The molecular weight excluding hydrogens is 375 g/mol. The molecule has 0 amide bonds. The van der Waals surface area contributed by atoms with Gasteiger partial charge in [-0.15, -0.1) is 0 Å². The molecule has 0 aliphatic carbocycles. The fourth-order valence-electron chi connectivity index (χ4n) is 1.53. The quantitative estimate of drug-likeness (QED) is 0.575. The summed E-state index contributed by atoms with van der Waals surface area (Å²) in [5.41, 5.74) is 0. The van der Waals surface area contributed by atoms with Gasteiger partial charge in [0.2, 0.25) is 0 Å². The van der Waals surface area contributed by atoms with Gasteiger partial charge >= 0.3 is 40.4 Å². The molecule has 3 saturated heterocycles. The second-order valence-corrected chi connectivity index (χ2v) is 3.96. The maximum Gasteiger partial charge on any atom is 3.00 e. The Morgan fingerprint density at radius 1 is 0.368 bits per heavy atom. The summed E-state index contributed by atoms with van der Waals surface area (Å²) in [6, 6.07) is 0. The molecule has 19 heavy (non-hydrogen) atoms. The Bertz CT molecular complexity index is 86.8. The molecule has 13 radical (unpaired) electrons. The molecule has 0 aromatic heterocycles. The Morgan fingerprint density at radius 2 is 0.526 bits per heavy atom. The average molecular weight is 399 g/mol. The van der Waals surface area contributed by atoms with Gasteiger partial charge in [0.25, 0.3) is 0 Å². The van der Waals surface area contributed by atoms with E-state index in [9.17, 15) is 0 Å². The first-order valence-corrected chi connectivity index (χ1v) is 6.23. The summed E-state index contributed by atoms with van der Waals surface area (Å²) in [6.07, 6.45) is 7.67. The topological polar surface area (TPSA) is 27.7 Å². The van der Waals surface area contributed by atoms with E-state index in [4.69, 9.17) is 14.2 Å². The fourth-order valence-corrected chi connectivity index (χ4v) is 1.53. The van der Waals surface area contributed by atoms with Crippen molar-refractivity contribution in [2.45, 2.75) is 38.5 Å². The number of ether oxygens (including phenoxy) is 3. The van der Waals surface area contributed by atoms with E-state index >= 15 is 0 Å². The monoisotopic (exact) mass is 401 g/mol. The van der Waals surface area contributed by atoms with Crippen molar-refractivity contribution in [1.82, 2.24) is 0 Å². The summed E-state index contributed by atoms with van der Waals surface area (Å²) in [7, 11) is 0. The number of rotatable bonds is 0. The third-order valence-electron chi connectivity index (χ3n) is 2.48. The second kappa shape index (κ2) is 24.4. The molecule has 3 nitrogen and oxygen atoms in total. The van der Waals surface area contributed by atoms with E-state index < -0.39 is 0 Å². The van der Waals surface area contributed by atoms with Crippen molar-refractivity contribution in [2.75, 3.05) is 39.6 Å². The van der Waals surface area contributed by atoms with Gasteiger partial charge in [-0.3, -0.25) is 0 Å². The smallest absolute Gasteiger partial charge is 1.00 e. The van der Waals surface area contributed by atoms with Crippen LogP contribution in [0.1, 0.15) is 38.5 Å². The van der Waals surface area contributed by atoms with Gasteiger partial charge in [0.05, 0.1) is 0 Å². The van der Waals surface area contributed by atoms with Gasteiger partial charge in [-0.2, -0.15) is 0 Å². The molecule has 3 rings (SSSR count). The minimum atomic E-state index is 0. The second-order valence-electron chi connectivity index (χ2n) is 3.96. The SMILES string of the molecule is C1CCOC1.C1CCOC1.C1CCOC1.[B-].[B-].[B-].[Sm+3]. The van der Waals surface area contributed by atoms with Crippen LogP contribution >= 0.6 is 0 Å². The van der Waals surface area contributed by atoms with E-state index in [0.29, 0.717) is 0 Å². The van der Waals surface area contributed by atoms with Crippen molar-refractivity contribution in [3.05, 3.63) is 0 Å². The predicted molar refractivity (Wildman–Crippen MR) is 77.4 cm³/mol. The Labute approximate surface area is 157 Å². The molecule has 0 spiro atoms. The van der Waals surface area contributed by atoms with Crippen molar-refractivity contribution >= 4 is 25.2 Å². The van der Waals surface area contributed by atoms with Gasteiger partial charge in [0.1, 0.15) is 0 Å². The van der Waals surface area contributed by atoms with Crippen LogP contribution in [0.3, 0.4) is 0 Å². The first-order chi connectivity index (χ1) is 7.50. The maximum absolute atomic E-state index is 4.94. The Balaban J connectivity index is -0.0000000804. The molecule has 0 aromatic rings. The molecule has 7 heteroatoms. The Kier molecular flexibility index (Phi) is 36.7. The predicted octanol–water partition coefficient (Wildman–Crippen LogP) is 1.25. The van der Waals surface area contributed by atoms with Gasteiger partial charge in [0.15, 0.2) is 0 Å². The molecule has 0 bridgehead atoms. The van der Waals surface area contributed by atoms with Crippen LogP contribution in [-0.2, 0) is 14.2 Å². The summed E-state index contributed by atoms with van der Waals surface area (Å²) in [5.74, 6) is 0. The largest absolute Gasteiger partial charge is 3.00 e. The van der Waals surface area contributed by atoms with Gasteiger partial charge in [-0.05, 0) is 38.5 Å². The average Bonchev–Trinajstić information content (AvgIpc) is 3.09. The van der Waals surface area contributed by atoms with Gasteiger partial charge in [0, 0.05) is 39.6 Å². The van der Waals surface area contributed by atoms with Crippen molar-refractivity contribution < 1.29 is 54.6 Å². The Hall–Kier alpha value is 1.41. The molecular formula is C12H24B3O3Sm. The van der Waals surface area contributed by atoms with Crippen LogP contribution in [0.25, 0.3) is 0 Å². The third-order valence-corrected chi connectivity index (χ3v) is 2.48. The van der Waals surface area contributed by atoms with E-state index in [1.807, 2.05) is 0 Å². The van der Waals surface area contributed by atoms with Crippen LogP contribution in [0.4, 0.5) is 0 Å². The minimum Gasteiger partial charge on any atom is -1.00 e. The summed E-state index contributed by atoms with van der Waals surface area (Å²) >= 11 is 0. The van der Waals surface area contributed by atoms with Gasteiger partial charge in [-0.25, -0.2) is 0 Å². The maximum atomic E-state index is 4.94. The molecule has 105 valence electrons. The third kappa shape index (κ3) is 21.9. The molecule has 0 atom stereocenters. The van der Waals surface area contributed by atoms with E-state index in [-0.39, 0.29) is 65.6 Å². The van der Waals surface area contributed by atoms with E-state index in [1.165, 1.54) is 38.5 Å². The van der Waals surface area contributed by atoms with Crippen LogP contribution in [-0.4, -0.2) is 64.9 Å². The molecule has 3 aliphatic rings. The molecule has 0 N–H and O–H groups in total. The van der Waals surface area contributed by atoms with Crippen molar-refractivity contribution in [3.63, 3.8) is 0 Å². The molecule has 0 unspecified atom stereocenters. The molecule has 3 aliphatic heterocycles. The first kappa shape index (κ1) is 28.6.